The maximum atomic E-state index is 13.6. The van der Waals surface area contributed by atoms with E-state index in [1.54, 1.807) is 4.90 Å². The third-order valence-corrected chi connectivity index (χ3v) is 7.88. The van der Waals surface area contributed by atoms with E-state index in [2.05, 4.69) is 4.98 Å². The van der Waals surface area contributed by atoms with Gasteiger partial charge in [-0.3, -0.25) is 14.6 Å². The lowest BCUT2D eigenvalue weighted by Crippen LogP contribution is -2.40. The zero-order chi connectivity index (χ0) is 26.5. The van der Waals surface area contributed by atoms with Crippen LogP contribution in [0.4, 0.5) is 13.2 Å². The number of hydrogen-bond donors (Lipinski definition) is 1. The number of hydrogen-bond acceptors (Lipinski definition) is 4. The van der Waals surface area contributed by atoms with E-state index in [4.69, 9.17) is 0 Å². The largest absolute Gasteiger partial charge is 0.418 e. The van der Waals surface area contributed by atoms with Gasteiger partial charge in [0, 0.05) is 11.4 Å². The molecule has 0 saturated carbocycles. The number of benzene rings is 2. The first-order valence-corrected chi connectivity index (χ1v) is 12.7. The molecule has 6 nitrogen and oxygen atoms in total. The SMILES string of the molecule is CC(C)[C@H](C(=O)N1CCc2c(sc3[nH]c(=O)n(-c4ccccc4C(F)(F)F)c(=O)c23)C1)c1ccccc1. The van der Waals surface area contributed by atoms with Crippen LogP contribution >= 0.6 is 11.3 Å². The predicted octanol–water partition coefficient (Wildman–Crippen LogP) is 5.08. The first-order valence-electron chi connectivity index (χ1n) is 11.9. The van der Waals surface area contributed by atoms with Crippen LogP contribution in [0.5, 0.6) is 0 Å². The van der Waals surface area contributed by atoms with E-state index < -0.39 is 28.7 Å². The minimum absolute atomic E-state index is 0.0192. The molecule has 2 aromatic heterocycles. The van der Waals surface area contributed by atoms with Crippen LogP contribution in [0.3, 0.4) is 0 Å². The van der Waals surface area contributed by atoms with Crippen molar-refractivity contribution in [1.82, 2.24) is 14.5 Å². The van der Waals surface area contributed by atoms with Gasteiger partial charge in [0.2, 0.25) is 5.91 Å². The fourth-order valence-corrected chi connectivity index (χ4v) is 6.30. The number of thiophene rings is 1. The van der Waals surface area contributed by atoms with Crippen molar-refractivity contribution in [1.29, 1.82) is 0 Å². The number of alkyl halides is 3. The Labute approximate surface area is 214 Å². The van der Waals surface area contributed by atoms with Crippen LogP contribution in [0, 0.1) is 5.92 Å². The lowest BCUT2D eigenvalue weighted by atomic mass is 9.86. The smallest absolute Gasteiger partial charge is 0.337 e. The van der Waals surface area contributed by atoms with E-state index in [9.17, 15) is 27.6 Å². The summed E-state index contributed by atoms with van der Waals surface area (Å²) in [6.45, 7) is 4.63. The fourth-order valence-electron chi connectivity index (χ4n) is 5.06. The third-order valence-electron chi connectivity index (χ3n) is 6.75. The van der Waals surface area contributed by atoms with Gasteiger partial charge in [0.15, 0.2) is 0 Å². The third kappa shape index (κ3) is 4.39. The van der Waals surface area contributed by atoms with Gasteiger partial charge in [0.1, 0.15) is 4.83 Å². The fraction of sp³-hybridized carbons (Fsp3) is 0.296. The lowest BCUT2D eigenvalue weighted by Gasteiger charge is -2.32. The average molecular weight is 528 g/mol. The summed E-state index contributed by atoms with van der Waals surface area (Å²) in [4.78, 5) is 45.2. The summed E-state index contributed by atoms with van der Waals surface area (Å²) in [6, 6.07) is 14.1. The highest BCUT2D eigenvalue weighted by Crippen LogP contribution is 2.36. The van der Waals surface area contributed by atoms with E-state index in [1.807, 2.05) is 44.2 Å². The Morgan fingerprint density at radius 3 is 2.38 bits per heavy atom. The van der Waals surface area contributed by atoms with Crippen LogP contribution in [-0.4, -0.2) is 26.9 Å². The van der Waals surface area contributed by atoms with Gasteiger partial charge in [-0.05, 0) is 35.6 Å². The number of nitrogens with zero attached hydrogens (tertiary/aromatic N) is 2. The maximum absolute atomic E-state index is 13.6. The first kappa shape index (κ1) is 25.0. The van der Waals surface area contributed by atoms with Crippen molar-refractivity contribution in [2.45, 2.75) is 38.9 Å². The normalized spacial score (nSPS) is 14.7. The number of amides is 1. The summed E-state index contributed by atoms with van der Waals surface area (Å²) in [5.41, 5.74) is -1.71. The minimum Gasteiger partial charge on any atom is -0.337 e. The molecule has 1 aliphatic heterocycles. The molecule has 0 saturated heterocycles. The highest BCUT2D eigenvalue weighted by Gasteiger charge is 2.36. The molecular formula is C27H24F3N3O3S. The second kappa shape index (κ2) is 9.33. The first-order chi connectivity index (χ1) is 17.6. The number of aromatic amines is 1. The lowest BCUT2D eigenvalue weighted by molar-refractivity contribution is -0.137. The molecule has 0 spiro atoms. The van der Waals surface area contributed by atoms with E-state index >= 15 is 0 Å². The number of fused-ring (bicyclic) bond motifs is 3. The van der Waals surface area contributed by atoms with Crippen LogP contribution < -0.4 is 11.2 Å². The number of rotatable bonds is 4. The highest BCUT2D eigenvalue weighted by molar-refractivity contribution is 7.18. The van der Waals surface area contributed by atoms with Crippen molar-refractivity contribution in [2.75, 3.05) is 6.54 Å². The van der Waals surface area contributed by atoms with Gasteiger partial charge in [0.25, 0.3) is 5.56 Å². The van der Waals surface area contributed by atoms with Crippen molar-refractivity contribution in [3.63, 3.8) is 0 Å². The number of halogens is 3. The Hall–Kier alpha value is -3.66. The average Bonchev–Trinajstić information content (AvgIpc) is 3.21. The van der Waals surface area contributed by atoms with Gasteiger partial charge >= 0.3 is 11.9 Å². The van der Waals surface area contributed by atoms with Crippen LogP contribution in [0.2, 0.25) is 0 Å². The predicted molar refractivity (Wildman–Crippen MR) is 136 cm³/mol. The molecule has 1 atom stereocenters. The van der Waals surface area contributed by atoms with Crippen LogP contribution in [0.1, 0.15) is 41.3 Å². The molecule has 0 fully saturated rings. The van der Waals surface area contributed by atoms with Crippen molar-refractivity contribution in [3.8, 4) is 5.69 Å². The Morgan fingerprint density at radius 2 is 1.70 bits per heavy atom. The molecule has 0 aliphatic carbocycles. The molecular weight excluding hydrogens is 503 g/mol. The molecule has 10 heteroatoms. The summed E-state index contributed by atoms with van der Waals surface area (Å²) in [6.07, 6.45) is -4.37. The van der Waals surface area contributed by atoms with Gasteiger partial charge in [-0.1, -0.05) is 56.3 Å². The molecule has 0 radical (unpaired) electrons. The van der Waals surface area contributed by atoms with E-state index in [1.165, 1.54) is 23.5 Å². The number of H-pyrrole nitrogens is 1. The van der Waals surface area contributed by atoms with Crippen LogP contribution in [-0.2, 0) is 23.9 Å². The van der Waals surface area contributed by atoms with Crippen LogP contribution in [0.25, 0.3) is 15.9 Å². The minimum atomic E-state index is -4.74. The summed E-state index contributed by atoms with van der Waals surface area (Å²) >= 11 is 1.19. The van der Waals surface area contributed by atoms with Gasteiger partial charge < -0.3 is 4.90 Å². The molecule has 37 heavy (non-hydrogen) atoms. The number of carbonyl (C=O) groups is 1. The van der Waals surface area contributed by atoms with Gasteiger partial charge in [-0.25, -0.2) is 9.36 Å². The Bertz CT molecular complexity index is 1600. The number of aromatic nitrogens is 2. The second-order valence-electron chi connectivity index (χ2n) is 9.44. The quantitative estimate of drug-likeness (QED) is 0.402. The highest BCUT2D eigenvalue weighted by atomic mass is 32.1. The molecule has 1 N–H and O–H groups in total. The number of para-hydroxylation sites is 1. The van der Waals surface area contributed by atoms with Crippen LogP contribution in [0.15, 0.2) is 64.2 Å². The van der Waals surface area contributed by atoms with Crippen molar-refractivity contribution in [2.24, 2.45) is 5.92 Å². The molecule has 2 aromatic carbocycles. The van der Waals surface area contributed by atoms with Crippen molar-refractivity contribution in [3.05, 3.63) is 97.0 Å². The summed E-state index contributed by atoms with van der Waals surface area (Å²) < 4.78 is 41.4. The van der Waals surface area contributed by atoms with Gasteiger partial charge in [-0.2, -0.15) is 13.2 Å². The summed E-state index contributed by atoms with van der Waals surface area (Å²) in [5.74, 6) is -0.279. The zero-order valence-electron chi connectivity index (χ0n) is 20.1. The van der Waals surface area contributed by atoms with Crippen molar-refractivity contribution < 1.29 is 18.0 Å². The monoisotopic (exact) mass is 527 g/mol. The molecule has 1 amide bonds. The molecule has 4 aromatic rings. The van der Waals surface area contributed by atoms with E-state index in [-0.39, 0.29) is 29.7 Å². The summed E-state index contributed by atoms with van der Waals surface area (Å²) in [7, 11) is 0. The van der Waals surface area contributed by atoms with Crippen molar-refractivity contribution >= 4 is 27.5 Å². The molecule has 3 heterocycles. The standard InChI is InChI=1S/C27H24F3N3O3S/c1-15(2)21(16-8-4-3-5-9-16)24(34)32-13-12-17-20(14-32)37-23-22(17)25(35)33(26(36)31-23)19-11-7-6-10-18(19)27(28,29)30/h3-11,15,21H,12-14H2,1-2H3,(H,31,36)/t21-/m0/s1. The maximum Gasteiger partial charge on any atom is 0.418 e. The molecule has 0 unspecified atom stereocenters. The summed E-state index contributed by atoms with van der Waals surface area (Å²) in [5, 5.41) is 0.201. The number of carbonyl (C=O) groups excluding carboxylic acids is 1. The Balaban J connectivity index is 1.56. The van der Waals surface area contributed by atoms with E-state index in [0.717, 1.165) is 22.6 Å². The second-order valence-corrected chi connectivity index (χ2v) is 10.5. The molecule has 0 bridgehead atoms. The molecule has 1 aliphatic rings. The number of nitrogens with one attached hydrogen (secondary N) is 1. The van der Waals surface area contributed by atoms with Gasteiger partial charge in [0.05, 0.1) is 29.1 Å². The Morgan fingerprint density at radius 1 is 1.03 bits per heavy atom. The van der Waals surface area contributed by atoms with Gasteiger partial charge in [-0.15, -0.1) is 11.3 Å². The zero-order valence-corrected chi connectivity index (χ0v) is 20.9. The molecule has 5 rings (SSSR count). The topological polar surface area (TPSA) is 75.2 Å². The molecule has 192 valence electrons. The van der Waals surface area contributed by atoms with E-state index in [0.29, 0.717) is 27.9 Å². The Kier molecular flexibility index (Phi) is 6.31.